The van der Waals surface area contributed by atoms with Crippen LogP contribution in [0.3, 0.4) is 0 Å². The van der Waals surface area contributed by atoms with Gasteiger partial charge in [-0.2, -0.15) is 5.10 Å². The van der Waals surface area contributed by atoms with Gasteiger partial charge in [0.05, 0.1) is 12.1 Å². The van der Waals surface area contributed by atoms with Crippen molar-refractivity contribution in [3.8, 4) is 0 Å². The minimum absolute atomic E-state index is 0.286. The largest absolute Gasteiger partial charge is 0.299 e. The number of ketones is 1. The molecular weight excluding hydrogens is 224 g/mol. The summed E-state index contributed by atoms with van der Waals surface area (Å²) in [6.45, 7) is 6.54. The van der Waals surface area contributed by atoms with Crippen molar-refractivity contribution in [3.63, 3.8) is 0 Å². The Morgan fingerprint density at radius 2 is 2.33 bits per heavy atom. The van der Waals surface area contributed by atoms with E-state index in [4.69, 9.17) is 0 Å². The summed E-state index contributed by atoms with van der Waals surface area (Å²) in [5.41, 5.74) is 0.930. The monoisotopic (exact) mass is 248 g/mol. The Morgan fingerprint density at radius 3 is 2.94 bits per heavy atom. The van der Waals surface area contributed by atoms with Crippen molar-refractivity contribution in [1.29, 1.82) is 0 Å². The van der Waals surface area contributed by atoms with Crippen LogP contribution in [0.25, 0.3) is 0 Å². The topological polar surface area (TPSA) is 34.9 Å². The molecule has 1 aliphatic rings. The number of hydrogen-bond acceptors (Lipinski definition) is 2. The maximum atomic E-state index is 12.2. The minimum Gasteiger partial charge on any atom is -0.299 e. The molecule has 0 bridgehead atoms. The van der Waals surface area contributed by atoms with E-state index in [2.05, 4.69) is 25.9 Å². The van der Waals surface area contributed by atoms with Crippen molar-refractivity contribution in [3.05, 3.63) is 18.0 Å². The van der Waals surface area contributed by atoms with Gasteiger partial charge < -0.3 is 0 Å². The molecule has 0 spiro atoms. The highest BCUT2D eigenvalue weighted by molar-refractivity contribution is 5.83. The van der Waals surface area contributed by atoms with Crippen molar-refractivity contribution >= 4 is 5.78 Å². The van der Waals surface area contributed by atoms with Crippen molar-refractivity contribution in [2.75, 3.05) is 0 Å². The van der Waals surface area contributed by atoms with Gasteiger partial charge in [-0.15, -0.1) is 0 Å². The molecule has 3 unspecified atom stereocenters. The Morgan fingerprint density at radius 1 is 1.56 bits per heavy atom. The first-order valence-electron chi connectivity index (χ1n) is 7.16. The highest BCUT2D eigenvalue weighted by Gasteiger charge is 2.27. The summed E-state index contributed by atoms with van der Waals surface area (Å²) in [5, 5.41) is 4.51. The molecule has 0 aliphatic heterocycles. The van der Waals surface area contributed by atoms with Crippen LogP contribution in [0.15, 0.2) is 12.3 Å². The molecule has 1 heterocycles. The lowest BCUT2D eigenvalue weighted by Crippen LogP contribution is -2.15. The summed E-state index contributed by atoms with van der Waals surface area (Å²) in [7, 11) is 0. The second-order valence-electron chi connectivity index (χ2n) is 5.80. The van der Waals surface area contributed by atoms with Crippen LogP contribution < -0.4 is 0 Å². The number of hydrogen-bond donors (Lipinski definition) is 0. The molecule has 1 aromatic heterocycles. The van der Waals surface area contributed by atoms with Crippen LogP contribution in [0.5, 0.6) is 0 Å². The minimum atomic E-state index is 0.286. The van der Waals surface area contributed by atoms with Crippen molar-refractivity contribution in [1.82, 2.24) is 9.78 Å². The van der Waals surface area contributed by atoms with Gasteiger partial charge in [0.15, 0.2) is 0 Å². The van der Waals surface area contributed by atoms with Crippen LogP contribution in [-0.4, -0.2) is 15.6 Å². The average Bonchev–Trinajstić information content (AvgIpc) is 2.97. The summed E-state index contributed by atoms with van der Waals surface area (Å²) >= 11 is 0. The van der Waals surface area contributed by atoms with E-state index < -0.39 is 0 Å². The Hall–Kier alpha value is -1.12. The Bertz CT molecular complexity index is 410. The number of aromatic nitrogens is 2. The Balaban J connectivity index is 1.93. The molecule has 1 aromatic rings. The van der Waals surface area contributed by atoms with E-state index in [1.165, 1.54) is 6.42 Å². The van der Waals surface area contributed by atoms with Crippen LogP contribution >= 0.6 is 0 Å². The van der Waals surface area contributed by atoms with E-state index >= 15 is 0 Å². The molecule has 0 N–H and O–H groups in total. The van der Waals surface area contributed by atoms with Crippen molar-refractivity contribution < 1.29 is 4.79 Å². The number of rotatable bonds is 5. The average molecular weight is 248 g/mol. The molecule has 18 heavy (non-hydrogen) atoms. The smallest absolute Gasteiger partial charge is 0.141 e. The lowest BCUT2D eigenvalue weighted by atomic mass is 9.98. The van der Waals surface area contributed by atoms with Gasteiger partial charge in [0.25, 0.3) is 0 Å². The third-order valence-corrected chi connectivity index (χ3v) is 4.21. The summed E-state index contributed by atoms with van der Waals surface area (Å²) in [6, 6.07) is 2.41. The summed E-state index contributed by atoms with van der Waals surface area (Å²) in [5.74, 6) is 1.39. The standard InChI is InChI=1S/C15H24N2O/c1-4-12(3)17-8-7-14(16-17)10-15(18)13-6-5-11(2)9-13/h7-8,11-13H,4-6,9-10H2,1-3H3. The quantitative estimate of drug-likeness (QED) is 0.800. The van der Waals surface area contributed by atoms with Gasteiger partial charge in [0.2, 0.25) is 0 Å². The van der Waals surface area contributed by atoms with Crippen molar-refractivity contribution in [2.24, 2.45) is 11.8 Å². The van der Waals surface area contributed by atoms with Gasteiger partial charge in [0, 0.05) is 18.2 Å². The van der Waals surface area contributed by atoms with E-state index in [9.17, 15) is 4.79 Å². The summed E-state index contributed by atoms with van der Waals surface area (Å²) in [6.07, 6.45) is 6.93. The van der Waals surface area contributed by atoms with Crippen LogP contribution in [-0.2, 0) is 11.2 Å². The predicted molar refractivity (Wildman–Crippen MR) is 72.4 cm³/mol. The molecular formula is C15H24N2O. The normalized spacial score (nSPS) is 25.3. The first kappa shape index (κ1) is 13.3. The van der Waals surface area contributed by atoms with Crippen LogP contribution in [0.1, 0.15) is 58.2 Å². The predicted octanol–water partition coefficient (Wildman–Crippen LogP) is 3.40. The molecule has 1 aliphatic carbocycles. The first-order chi connectivity index (χ1) is 8.60. The number of carbonyl (C=O) groups excluding carboxylic acids is 1. The van der Waals surface area contributed by atoms with Crippen molar-refractivity contribution in [2.45, 2.75) is 58.9 Å². The molecule has 0 radical (unpaired) electrons. The fourth-order valence-corrected chi connectivity index (χ4v) is 2.73. The van der Waals surface area contributed by atoms with Gasteiger partial charge in [-0.25, -0.2) is 0 Å². The van der Waals surface area contributed by atoms with Gasteiger partial charge >= 0.3 is 0 Å². The molecule has 2 rings (SSSR count). The van der Waals surface area contributed by atoms with E-state index in [-0.39, 0.29) is 5.92 Å². The zero-order valence-corrected chi connectivity index (χ0v) is 11.7. The molecule has 0 aromatic carbocycles. The first-order valence-corrected chi connectivity index (χ1v) is 7.16. The maximum Gasteiger partial charge on any atom is 0.141 e. The molecule has 3 atom stereocenters. The lowest BCUT2D eigenvalue weighted by Gasteiger charge is -2.09. The molecule has 1 fully saturated rings. The second-order valence-corrected chi connectivity index (χ2v) is 5.80. The fraction of sp³-hybridized carbons (Fsp3) is 0.733. The summed E-state index contributed by atoms with van der Waals surface area (Å²) in [4.78, 5) is 12.2. The molecule has 3 nitrogen and oxygen atoms in total. The Kier molecular flexibility index (Phi) is 4.20. The van der Waals surface area contributed by atoms with Crippen LogP contribution in [0, 0.1) is 11.8 Å². The number of nitrogens with zero attached hydrogens (tertiary/aromatic N) is 2. The fourth-order valence-electron chi connectivity index (χ4n) is 2.73. The van der Waals surface area contributed by atoms with Crippen LogP contribution in [0.2, 0.25) is 0 Å². The van der Waals surface area contributed by atoms with Crippen LogP contribution in [0.4, 0.5) is 0 Å². The maximum absolute atomic E-state index is 12.2. The number of carbonyl (C=O) groups is 1. The SMILES string of the molecule is CCC(C)n1ccc(CC(=O)C2CCC(C)C2)n1. The van der Waals surface area contributed by atoms with Gasteiger partial charge in [-0.05, 0) is 44.6 Å². The number of Topliss-reactive ketones (excluding diaryl/α,β-unsaturated/α-hetero) is 1. The molecule has 100 valence electrons. The van der Waals surface area contributed by atoms with E-state index in [0.29, 0.717) is 18.2 Å². The zero-order valence-electron chi connectivity index (χ0n) is 11.7. The molecule has 3 heteroatoms. The third-order valence-electron chi connectivity index (χ3n) is 4.21. The second kappa shape index (κ2) is 5.68. The Labute approximate surface area is 110 Å². The molecule has 1 saturated carbocycles. The molecule has 0 amide bonds. The van der Waals surface area contributed by atoms with Gasteiger partial charge in [0.1, 0.15) is 5.78 Å². The highest BCUT2D eigenvalue weighted by Crippen LogP contribution is 2.31. The third kappa shape index (κ3) is 3.01. The van der Waals surface area contributed by atoms with Gasteiger partial charge in [-0.3, -0.25) is 9.48 Å². The zero-order chi connectivity index (χ0) is 13.1. The summed E-state index contributed by atoms with van der Waals surface area (Å²) < 4.78 is 1.97. The van der Waals surface area contributed by atoms with E-state index in [1.807, 2.05) is 16.9 Å². The molecule has 0 saturated heterocycles. The van der Waals surface area contributed by atoms with Gasteiger partial charge in [-0.1, -0.05) is 13.8 Å². The lowest BCUT2D eigenvalue weighted by molar-refractivity contribution is -0.122. The van der Waals surface area contributed by atoms with E-state index in [0.717, 1.165) is 30.9 Å². The van der Waals surface area contributed by atoms with E-state index in [1.54, 1.807) is 0 Å². The highest BCUT2D eigenvalue weighted by atomic mass is 16.1.